The number of nitrogens with two attached hydrogens (primary N) is 1. The molecule has 1 fully saturated rings. The zero-order valence-electron chi connectivity index (χ0n) is 9.79. The van der Waals surface area contributed by atoms with Crippen LogP contribution in [0.5, 0.6) is 5.75 Å². The average Bonchev–Trinajstić information content (AvgIpc) is 2.27. The first kappa shape index (κ1) is 11.9. The number of benzene rings is 1. The summed E-state index contributed by atoms with van der Waals surface area (Å²) in [5.41, 5.74) is 6.69. The maximum Gasteiger partial charge on any atom is 0.172 e. The van der Waals surface area contributed by atoms with Crippen LogP contribution in [0.1, 0.15) is 30.4 Å². The highest BCUT2D eigenvalue weighted by Gasteiger charge is 2.38. The molecule has 90 valence electrons. The van der Waals surface area contributed by atoms with E-state index in [4.69, 9.17) is 15.7 Å². The molecule has 0 aromatic heterocycles. The molecule has 3 nitrogen and oxygen atoms in total. The molecule has 0 heterocycles. The van der Waals surface area contributed by atoms with Crippen LogP contribution in [0.3, 0.4) is 0 Å². The third-order valence-electron chi connectivity index (χ3n) is 3.68. The highest BCUT2D eigenvalue weighted by molar-refractivity contribution is 5.49. The monoisotopic (exact) mass is 234 g/mol. The molecular weight excluding hydrogens is 219 g/mol. The van der Waals surface area contributed by atoms with E-state index in [0.717, 1.165) is 24.8 Å². The van der Waals surface area contributed by atoms with E-state index in [1.54, 1.807) is 6.07 Å². The summed E-state index contributed by atoms with van der Waals surface area (Å²) in [5.74, 6) is -0.469. The molecule has 17 heavy (non-hydrogen) atoms. The lowest BCUT2D eigenvalue weighted by Gasteiger charge is -2.41. The third-order valence-corrected chi connectivity index (χ3v) is 3.68. The highest BCUT2D eigenvalue weighted by atomic mass is 19.1. The number of halogens is 1. The summed E-state index contributed by atoms with van der Waals surface area (Å²) in [5, 5.41) is 9.00. The van der Waals surface area contributed by atoms with Crippen LogP contribution < -0.4 is 10.5 Å². The van der Waals surface area contributed by atoms with Crippen molar-refractivity contribution in [3.8, 4) is 11.8 Å². The van der Waals surface area contributed by atoms with Crippen molar-refractivity contribution in [1.82, 2.24) is 0 Å². The quantitative estimate of drug-likeness (QED) is 0.871. The first-order chi connectivity index (χ1) is 8.16. The van der Waals surface area contributed by atoms with Gasteiger partial charge in [-0.1, -0.05) is 6.42 Å². The van der Waals surface area contributed by atoms with Gasteiger partial charge in [0.1, 0.15) is 6.07 Å². The average molecular weight is 234 g/mol. The predicted octanol–water partition coefficient (Wildman–Crippen LogP) is 2.09. The molecule has 0 bridgehead atoms. The Bertz CT molecular complexity index is 470. The van der Waals surface area contributed by atoms with Gasteiger partial charge in [0.05, 0.1) is 12.7 Å². The Morgan fingerprint density at radius 2 is 2.24 bits per heavy atom. The first-order valence-corrected chi connectivity index (χ1v) is 5.65. The maximum atomic E-state index is 13.8. The minimum absolute atomic E-state index is 0.0164. The molecular formula is C13H15FN2O. The van der Waals surface area contributed by atoms with Gasteiger partial charge in [-0.15, -0.1) is 0 Å². The summed E-state index contributed by atoms with van der Waals surface area (Å²) >= 11 is 0. The number of nitrogens with zero attached hydrogens (tertiary/aromatic N) is 1. The summed E-state index contributed by atoms with van der Waals surface area (Å²) in [6.07, 6.45) is 3.02. The molecule has 1 aromatic carbocycles. The van der Waals surface area contributed by atoms with Gasteiger partial charge in [0.25, 0.3) is 0 Å². The van der Waals surface area contributed by atoms with Crippen LogP contribution in [0.15, 0.2) is 12.1 Å². The van der Waals surface area contributed by atoms with Crippen LogP contribution in [-0.4, -0.2) is 13.7 Å². The van der Waals surface area contributed by atoms with Gasteiger partial charge in [-0.05, 0) is 30.5 Å². The van der Waals surface area contributed by atoms with E-state index in [0.29, 0.717) is 6.54 Å². The number of nitriles is 1. The minimum atomic E-state index is -0.485. The van der Waals surface area contributed by atoms with E-state index in [1.807, 2.05) is 6.07 Å². The molecule has 4 heteroatoms. The van der Waals surface area contributed by atoms with Gasteiger partial charge >= 0.3 is 0 Å². The third kappa shape index (κ3) is 1.77. The Hall–Kier alpha value is -1.60. The van der Waals surface area contributed by atoms with Crippen LogP contribution >= 0.6 is 0 Å². The minimum Gasteiger partial charge on any atom is -0.492 e. The van der Waals surface area contributed by atoms with Crippen LogP contribution in [0.2, 0.25) is 0 Å². The summed E-state index contributed by atoms with van der Waals surface area (Å²) in [4.78, 5) is 0. The number of hydrogen-bond donors (Lipinski definition) is 1. The van der Waals surface area contributed by atoms with Crippen molar-refractivity contribution in [3.05, 3.63) is 29.1 Å². The van der Waals surface area contributed by atoms with Crippen molar-refractivity contribution >= 4 is 0 Å². The van der Waals surface area contributed by atoms with Crippen molar-refractivity contribution < 1.29 is 9.13 Å². The Kier molecular flexibility index (Phi) is 3.03. The Labute approximate surface area is 100.0 Å². The molecule has 1 saturated carbocycles. The summed E-state index contributed by atoms with van der Waals surface area (Å²) in [6.45, 7) is 0.490. The van der Waals surface area contributed by atoms with Crippen LogP contribution in [0.4, 0.5) is 4.39 Å². The van der Waals surface area contributed by atoms with Crippen LogP contribution in [0.25, 0.3) is 0 Å². The molecule has 2 rings (SSSR count). The molecule has 1 aliphatic carbocycles. The van der Waals surface area contributed by atoms with E-state index in [-0.39, 0.29) is 16.7 Å². The van der Waals surface area contributed by atoms with Gasteiger partial charge < -0.3 is 10.5 Å². The zero-order valence-corrected chi connectivity index (χ0v) is 9.79. The number of hydrogen-bond acceptors (Lipinski definition) is 3. The summed E-state index contributed by atoms with van der Waals surface area (Å²) in [7, 11) is 1.36. The van der Waals surface area contributed by atoms with E-state index in [9.17, 15) is 4.39 Å². The number of rotatable bonds is 3. The predicted molar refractivity (Wildman–Crippen MR) is 62.3 cm³/mol. The largest absolute Gasteiger partial charge is 0.492 e. The molecule has 2 N–H and O–H groups in total. The highest BCUT2D eigenvalue weighted by Crippen LogP contribution is 2.44. The second-order valence-electron chi connectivity index (χ2n) is 4.49. The SMILES string of the molecule is COc1c(F)cc(C2(CN)CCC2)cc1C#N. The lowest BCUT2D eigenvalue weighted by Crippen LogP contribution is -2.41. The van der Waals surface area contributed by atoms with E-state index < -0.39 is 5.82 Å². The normalized spacial score (nSPS) is 17.1. The topological polar surface area (TPSA) is 59.0 Å². The van der Waals surface area contributed by atoms with Crippen LogP contribution in [0, 0.1) is 17.1 Å². The van der Waals surface area contributed by atoms with Gasteiger partial charge in [0.15, 0.2) is 11.6 Å². The van der Waals surface area contributed by atoms with Gasteiger partial charge in [-0.25, -0.2) is 4.39 Å². The van der Waals surface area contributed by atoms with Crippen molar-refractivity contribution in [1.29, 1.82) is 5.26 Å². The maximum absolute atomic E-state index is 13.8. The van der Waals surface area contributed by atoms with Crippen molar-refractivity contribution in [2.75, 3.05) is 13.7 Å². The van der Waals surface area contributed by atoms with Gasteiger partial charge in [-0.3, -0.25) is 0 Å². The van der Waals surface area contributed by atoms with Crippen molar-refractivity contribution in [3.63, 3.8) is 0 Å². The Balaban J connectivity index is 2.51. The smallest absolute Gasteiger partial charge is 0.172 e. The lowest BCUT2D eigenvalue weighted by molar-refractivity contribution is 0.251. The fraction of sp³-hybridized carbons (Fsp3) is 0.462. The molecule has 0 atom stereocenters. The zero-order chi connectivity index (χ0) is 12.5. The van der Waals surface area contributed by atoms with Crippen LogP contribution in [-0.2, 0) is 5.41 Å². The number of ether oxygens (including phenoxy) is 1. The lowest BCUT2D eigenvalue weighted by atomic mass is 9.64. The molecule has 0 spiro atoms. The second kappa shape index (κ2) is 4.34. The van der Waals surface area contributed by atoms with Crippen molar-refractivity contribution in [2.24, 2.45) is 5.73 Å². The first-order valence-electron chi connectivity index (χ1n) is 5.65. The second-order valence-corrected chi connectivity index (χ2v) is 4.49. The molecule has 0 amide bonds. The fourth-order valence-corrected chi connectivity index (χ4v) is 2.40. The van der Waals surface area contributed by atoms with E-state index in [2.05, 4.69) is 0 Å². The summed E-state index contributed by atoms with van der Waals surface area (Å²) < 4.78 is 18.7. The molecule has 1 aliphatic rings. The van der Waals surface area contributed by atoms with E-state index in [1.165, 1.54) is 13.2 Å². The Morgan fingerprint density at radius 1 is 1.53 bits per heavy atom. The Morgan fingerprint density at radius 3 is 2.65 bits per heavy atom. The van der Waals surface area contributed by atoms with Gasteiger partial charge in [-0.2, -0.15) is 5.26 Å². The van der Waals surface area contributed by atoms with Gasteiger partial charge in [0.2, 0.25) is 0 Å². The molecule has 0 unspecified atom stereocenters. The standard InChI is InChI=1S/C13H15FN2O/c1-17-12-9(7-15)5-10(6-11(12)14)13(8-16)3-2-4-13/h5-6H,2-4,8,16H2,1H3. The van der Waals surface area contributed by atoms with Crippen molar-refractivity contribution in [2.45, 2.75) is 24.7 Å². The fourth-order valence-electron chi connectivity index (χ4n) is 2.40. The molecule has 0 radical (unpaired) electrons. The molecule has 0 saturated heterocycles. The number of methoxy groups -OCH3 is 1. The molecule has 1 aromatic rings. The van der Waals surface area contributed by atoms with E-state index >= 15 is 0 Å². The van der Waals surface area contributed by atoms with Gasteiger partial charge in [0, 0.05) is 12.0 Å². The summed E-state index contributed by atoms with van der Waals surface area (Å²) in [6, 6.07) is 5.12. The molecule has 0 aliphatic heterocycles.